The lowest BCUT2D eigenvalue weighted by atomic mass is 9.89. The summed E-state index contributed by atoms with van der Waals surface area (Å²) in [6.07, 6.45) is 25.1. The van der Waals surface area contributed by atoms with E-state index in [2.05, 4.69) is 41.5 Å². The lowest BCUT2D eigenvalue weighted by Gasteiger charge is -2.30. The van der Waals surface area contributed by atoms with E-state index in [1.54, 1.807) is 0 Å². The summed E-state index contributed by atoms with van der Waals surface area (Å²) in [6, 6.07) is 0. The molecule has 0 aliphatic rings. The minimum Gasteiger partial charge on any atom is -0.375 e. The van der Waals surface area contributed by atoms with Crippen LogP contribution in [0.5, 0.6) is 0 Å². The maximum absolute atomic E-state index is 6.97. The number of hydrogen-bond donors (Lipinski definition) is 0. The van der Waals surface area contributed by atoms with Gasteiger partial charge in [-0.25, -0.2) is 0 Å². The molecule has 1 nitrogen and oxygen atoms in total. The SMILES string of the molecule is CCCCCC(CC(CC)CCCC)OC(CCCCC)CC(CC)CCCC. The van der Waals surface area contributed by atoms with E-state index in [1.165, 1.54) is 116 Å². The number of rotatable bonds is 22. The van der Waals surface area contributed by atoms with Gasteiger partial charge in [-0.05, 0) is 37.5 Å². The minimum atomic E-state index is 0.499. The summed E-state index contributed by atoms with van der Waals surface area (Å²) in [5, 5.41) is 0. The Balaban J connectivity index is 4.98. The molecular weight excluding hydrogens is 352 g/mol. The molecule has 4 unspecified atom stereocenters. The van der Waals surface area contributed by atoms with Crippen molar-refractivity contribution in [2.24, 2.45) is 11.8 Å². The van der Waals surface area contributed by atoms with E-state index in [0.29, 0.717) is 12.2 Å². The van der Waals surface area contributed by atoms with Gasteiger partial charge in [-0.15, -0.1) is 0 Å². The molecule has 29 heavy (non-hydrogen) atoms. The maximum atomic E-state index is 6.97. The first-order valence-electron chi connectivity index (χ1n) is 13.8. The quantitative estimate of drug-likeness (QED) is 0.161. The minimum absolute atomic E-state index is 0.499. The molecule has 0 radical (unpaired) electrons. The standard InChI is InChI=1S/C28H58O/c1-7-13-17-21-27(23-25(11-5)19-15-9-3)29-28(22-18-14-8-2)24-26(12-6)20-16-10-4/h25-28H,7-24H2,1-6H3. The second-order valence-electron chi connectivity index (χ2n) is 9.68. The van der Waals surface area contributed by atoms with Crippen LogP contribution in [0, 0.1) is 11.8 Å². The van der Waals surface area contributed by atoms with Gasteiger partial charge in [0.2, 0.25) is 0 Å². The summed E-state index contributed by atoms with van der Waals surface area (Å²) in [7, 11) is 0. The molecular formula is C28H58O. The molecule has 0 N–H and O–H groups in total. The van der Waals surface area contributed by atoms with E-state index in [-0.39, 0.29) is 0 Å². The van der Waals surface area contributed by atoms with Crippen molar-refractivity contribution in [3.63, 3.8) is 0 Å². The fourth-order valence-corrected chi connectivity index (χ4v) is 4.71. The fraction of sp³-hybridized carbons (Fsp3) is 1.00. The van der Waals surface area contributed by atoms with E-state index in [4.69, 9.17) is 4.74 Å². The van der Waals surface area contributed by atoms with Crippen molar-refractivity contribution in [1.29, 1.82) is 0 Å². The van der Waals surface area contributed by atoms with Crippen molar-refractivity contribution >= 4 is 0 Å². The number of ether oxygens (including phenoxy) is 1. The van der Waals surface area contributed by atoms with Crippen LogP contribution in [0.15, 0.2) is 0 Å². The van der Waals surface area contributed by atoms with Crippen molar-refractivity contribution < 1.29 is 4.74 Å². The average Bonchev–Trinajstić information content (AvgIpc) is 2.73. The van der Waals surface area contributed by atoms with Gasteiger partial charge < -0.3 is 4.74 Å². The van der Waals surface area contributed by atoms with Crippen molar-refractivity contribution in [3.8, 4) is 0 Å². The van der Waals surface area contributed by atoms with Crippen molar-refractivity contribution in [1.82, 2.24) is 0 Å². The first kappa shape index (κ1) is 29.0. The van der Waals surface area contributed by atoms with Gasteiger partial charge in [-0.3, -0.25) is 0 Å². The Labute approximate surface area is 186 Å². The van der Waals surface area contributed by atoms with Crippen LogP contribution in [0.1, 0.15) is 157 Å². The van der Waals surface area contributed by atoms with Crippen LogP contribution in [-0.4, -0.2) is 12.2 Å². The Bertz CT molecular complexity index is 283. The van der Waals surface area contributed by atoms with E-state index in [9.17, 15) is 0 Å². The van der Waals surface area contributed by atoms with Gasteiger partial charge in [0.1, 0.15) is 0 Å². The second kappa shape index (κ2) is 21.2. The molecule has 0 spiro atoms. The summed E-state index contributed by atoms with van der Waals surface area (Å²) >= 11 is 0. The molecule has 0 aliphatic heterocycles. The Hall–Kier alpha value is -0.0400. The van der Waals surface area contributed by atoms with E-state index in [0.717, 1.165) is 11.8 Å². The monoisotopic (exact) mass is 410 g/mol. The molecule has 0 heterocycles. The van der Waals surface area contributed by atoms with Crippen LogP contribution in [-0.2, 0) is 4.74 Å². The van der Waals surface area contributed by atoms with Crippen molar-refractivity contribution in [3.05, 3.63) is 0 Å². The number of unbranched alkanes of at least 4 members (excludes halogenated alkanes) is 6. The Kier molecular flexibility index (Phi) is 21.2. The third kappa shape index (κ3) is 16.3. The largest absolute Gasteiger partial charge is 0.375 e. The Morgan fingerprint density at radius 1 is 0.448 bits per heavy atom. The molecule has 0 amide bonds. The van der Waals surface area contributed by atoms with Crippen LogP contribution in [0.2, 0.25) is 0 Å². The van der Waals surface area contributed by atoms with Crippen LogP contribution < -0.4 is 0 Å². The van der Waals surface area contributed by atoms with Gasteiger partial charge in [-0.2, -0.15) is 0 Å². The lowest BCUT2D eigenvalue weighted by Crippen LogP contribution is -2.27. The highest BCUT2D eigenvalue weighted by Crippen LogP contribution is 2.28. The molecule has 0 fully saturated rings. The van der Waals surface area contributed by atoms with Gasteiger partial charge >= 0.3 is 0 Å². The smallest absolute Gasteiger partial charge is 0.0581 e. The van der Waals surface area contributed by atoms with Gasteiger partial charge in [-0.1, -0.05) is 131 Å². The molecule has 4 atom stereocenters. The van der Waals surface area contributed by atoms with Gasteiger partial charge in [0.25, 0.3) is 0 Å². The van der Waals surface area contributed by atoms with Crippen molar-refractivity contribution in [2.75, 3.05) is 0 Å². The highest BCUT2D eigenvalue weighted by Gasteiger charge is 2.22. The van der Waals surface area contributed by atoms with Gasteiger partial charge in [0.05, 0.1) is 12.2 Å². The fourth-order valence-electron chi connectivity index (χ4n) is 4.71. The van der Waals surface area contributed by atoms with Crippen LogP contribution in [0.3, 0.4) is 0 Å². The molecule has 0 saturated heterocycles. The van der Waals surface area contributed by atoms with Gasteiger partial charge in [0.15, 0.2) is 0 Å². The summed E-state index contributed by atoms with van der Waals surface area (Å²) in [5.41, 5.74) is 0. The Morgan fingerprint density at radius 2 is 0.828 bits per heavy atom. The average molecular weight is 411 g/mol. The van der Waals surface area contributed by atoms with Crippen LogP contribution >= 0.6 is 0 Å². The first-order chi connectivity index (χ1) is 14.1. The molecule has 1 heteroatoms. The number of hydrogen-bond acceptors (Lipinski definition) is 1. The molecule has 0 rings (SSSR count). The molecule has 0 aliphatic carbocycles. The second-order valence-corrected chi connectivity index (χ2v) is 9.68. The summed E-state index contributed by atoms with van der Waals surface area (Å²) in [6.45, 7) is 14.1. The third-order valence-corrected chi connectivity index (χ3v) is 6.92. The normalized spacial score (nSPS) is 15.9. The van der Waals surface area contributed by atoms with Gasteiger partial charge in [0, 0.05) is 0 Å². The highest BCUT2D eigenvalue weighted by atomic mass is 16.5. The molecule has 0 saturated carbocycles. The van der Waals surface area contributed by atoms with Crippen LogP contribution in [0.25, 0.3) is 0 Å². The highest BCUT2D eigenvalue weighted by molar-refractivity contribution is 4.72. The van der Waals surface area contributed by atoms with Crippen LogP contribution in [0.4, 0.5) is 0 Å². The van der Waals surface area contributed by atoms with E-state index >= 15 is 0 Å². The third-order valence-electron chi connectivity index (χ3n) is 6.92. The van der Waals surface area contributed by atoms with E-state index in [1.807, 2.05) is 0 Å². The summed E-state index contributed by atoms with van der Waals surface area (Å²) < 4.78 is 6.97. The topological polar surface area (TPSA) is 9.23 Å². The van der Waals surface area contributed by atoms with E-state index < -0.39 is 0 Å². The molecule has 0 bridgehead atoms. The summed E-state index contributed by atoms with van der Waals surface area (Å²) in [4.78, 5) is 0. The zero-order valence-corrected chi connectivity index (χ0v) is 21.4. The first-order valence-corrected chi connectivity index (χ1v) is 13.8. The molecule has 0 aromatic carbocycles. The Morgan fingerprint density at radius 3 is 1.14 bits per heavy atom. The maximum Gasteiger partial charge on any atom is 0.0581 e. The molecule has 0 aromatic heterocycles. The molecule has 0 aromatic rings. The zero-order valence-electron chi connectivity index (χ0n) is 21.4. The summed E-state index contributed by atoms with van der Waals surface area (Å²) in [5.74, 6) is 1.72. The predicted molar refractivity (Wildman–Crippen MR) is 133 cm³/mol. The van der Waals surface area contributed by atoms with Crippen molar-refractivity contribution in [2.45, 2.75) is 169 Å². The molecule has 176 valence electrons. The lowest BCUT2D eigenvalue weighted by molar-refractivity contribution is -0.0457. The zero-order chi connectivity index (χ0) is 21.7. The predicted octanol–water partition coefficient (Wildman–Crippen LogP) is 10.1.